The molecule has 0 aromatic heterocycles. The van der Waals surface area contributed by atoms with Gasteiger partial charge in [-0.05, 0) is 26.2 Å². The van der Waals surface area contributed by atoms with Crippen LogP contribution < -0.4 is 67.3 Å². The first-order valence-electron chi connectivity index (χ1n) is 8.87. The van der Waals surface area contributed by atoms with E-state index in [0.717, 1.165) is 25.9 Å². The molecule has 0 bridgehead atoms. The molecular formula is C17H30Cl2KN3O5S. The van der Waals surface area contributed by atoms with Gasteiger partial charge in [0.15, 0.2) is 0 Å². The molecule has 0 aromatic carbocycles. The zero-order chi connectivity index (χ0) is 22.1. The monoisotopic (exact) mass is 497 g/mol. The molecule has 0 spiro atoms. The number of hydrogen-bond donors (Lipinski definition) is 4. The van der Waals surface area contributed by atoms with E-state index in [1.165, 1.54) is 6.92 Å². The topological polar surface area (TPSA) is 125 Å². The number of hydrogen-bond acceptors (Lipinski definition) is 6. The summed E-state index contributed by atoms with van der Waals surface area (Å²) < 4.78 is 0. The van der Waals surface area contributed by atoms with Crippen LogP contribution in [0.1, 0.15) is 40.0 Å². The van der Waals surface area contributed by atoms with Gasteiger partial charge in [0.05, 0.1) is 5.34 Å². The molecule has 0 saturated carbocycles. The minimum Gasteiger partial charge on any atom is -0.742 e. The Balaban J connectivity index is -0.000000299. The number of rotatable bonds is 0. The van der Waals surface area contributed by atoms with Crippen LogP contribution >= 0.6 is 23.2 Å². The fourth-order valence-electron chi connectivity index (χ4n) is 2.02. The second-order valence-corrected chi connectivity index (χ2v) is 7.53. The number of alkyl halides is 2. The predicted octanol–water partition coefficient (Wildman–Crippen LogP) is -2.34. The van der Waals surface area contributed by atoms with Gasteiger partial charge >= 0.3 is 51.4 Å². The molecule has 0 aliphatic carbocycles. The molecule has 3 amide bonds. The summed E-state index contributed by atoms with van der Waals surface area (Å²) in [7, 11) is 0. The van der Waals surface area contributed by atoms with Crippen LogP contribution in [-0.2, 0) is 31.8 Å². The first kappa shape index (κ1) is 34.1. The zero-order valence-corrected chi connectivity index (χ0v) is 22.9. The van der Waals surface area contributed by atoms with Crippen LogP contribution in [0.5, 0.6) is 0 Å². The van der Waals surface area contributed by atoms with Crippen molar-refractivity contribution >= 4 is 58.7 Å². The number of amides is 3. The van der Waals surface area contributed by atoms with Crippen molar-refractivity contribution in [2.24, 2.45) is 11.8 Å². The van der Waals surface area contributed by atoms with E-state index >= 15 is 0 Å². The second-order valence-electron chi connectivity index (χ2n) is 6.15. The first-order chi connectivity index (χ1) is 13.1. The van der Waals surface area contributed by atoms with Gasteiger partial charge < -0.3 is 38.5 Å². The molecule has 3 rings (SSSR count). The summed E-state index contributed by atoms with van der Waals surface area (Å²) in [6.07, 6.45) is 1.86. The standard InChI is InChI=1S/2C5H9NO.C4H7NO2.C2H4OS.CH2Cl2.K/c2*1-4-2-3-6-5(4)7;6-3-1-2-5-4(3)7;1-2(3)4;2-1-3;/h2*4H,2-3H2,1H3,(H,6,7);3,6H,1-2H2,(H,5,7);1H3,(H,3,4);1H2;/q;;;;;+1/p-1/t2*4-;3-;;;/m100.../s1. The van der Waals surface area contributed by atoms with E-state index in [1.807, 2.05) is 13.8 Å². The van der Waals surface area contributed by atoms with E-state index in [9.17, 15) is 19.2 Å². The average molecular weight is 499 g/mol. The summed E-state index contributed by atoms with van der Waals surface area (Å²) in [6.45, 7) is 7.61. The molecular weight excluding hydrogens is 468 g/mol. The van der Waals surface area contributed by atoms with E-state index in [1.54, 1.807) is 0 Å². The molecule has 164 valence electrons. The van der Waals surface area contributed by atoms with Crippen molar-refractivity contribution < 1.29 is 75.7 Å². The molecule has 0 unspecified atom stereocenters. The Morgan fingerprint density at radius 3 is 1.28 bits per heavy atom. The molecule has 12 heteroatoms. The van der Waals surface area contributed by atoms with E-state index in [-0.39, 0.29) is 91.4 Å². The largest absolute Gasteiger partial charge is 1.00 e. The molecule has 3 fully saturated rings. The maximum Gasteiger partial charge on any atom is 1.00 e. The number of carbonyl (C=O) groups is 4. The van der Waals surface area contributed by atoms with Crippen LogP contribution in [0.4, 0.5) is 0 Å². The average Bonchev–Trinajstić information content (AvgIpc) is 3.27. The number of aliphatic hydroxyl groups is 1. The van der Waals surface area contributed by atoms with Gasteiger partial charge in [0.25, 0.3) is 0 Å². The van der Waals surface area contributed by atoms with Crippen molar-refractivity contribution in [1.29, 1.82) is 0 Å². The van der Waals surface area contributed by atoms with Gasteiger partial charge in [0.2, 0.25) is 17.7 Å². The maximum atomic E-state index is 10.5. The molecule has 3 aliphatic heterocycles. The Bertz CT molecular complexity index is 443. The van der Waals surface area contributed by atoms with Crippen LogP contribution in [0.3, 0.4) is 0 Å². The fourth-order valence-corrected chi connectivity index (χ4v) is 2.02. The molecule has 3 aliphatic rings. The van der Waals surface area contributed by atoms with Crippen molar-refractivity contribution in [3.05, 3.63) is 0 Å². The van der Waals surface area contributed by atoms with Gasteiger partial charge in [-0.1, -0.05) is 13.8 Å². The van der Waals surface area contributed by atoms with Crippen molar-refractivity contribution in [2.75, 3.05) is 25.0 Å². The Morgan fingerprint density at radius 2 is 1.21 bits per heavy atom. The SMILES string of the molecule is CC(=O)[S-].C[C@@H]1CCNC1=O.C[C@H]1CCNC1=O.ClCCl.O=C1NCC[C@@H]1O.[K+]. The molecule has 3 heterocycles. The van der Waals surface area contributed by atoms with E-state index < -0.39 is 6.10 Å². The van der Waals surface area contributed by atoms with Crippen LogP contribution in [0, 0.1) is 11.8 Å². The van der Waals surface area contributed by atoms with Crippen LogP contribution in [0.2, 0.25) is 0 Å². The Hall–Kier alpha value is 0.476. The van der Waals surface area contributed by atoms with E-state index in [4.69, 9.17) is 28.3 Å². The minimum atomic E-state index is -0.736. The molecule has 29 heavy (non-hydrogen) atoms. The third-order valence-electron chi connectivity index (χ3n) is 3.67. The van der Waals surface area contributed by atoms with Crippen molar-refractivity contribution in [2.45, 2.75) is 46.1 Å². The fraction of sp³-hybridized carbons (Fsp3) is 0.765. The normalized spacial score (nSPS) is 23.5. The predicted molar refractivity (Wildman–Crippen MR) is 112 cm³/mol. The second kappa shape index (κ2) is 21.7. The molecule has 8 nitrogen and oxygen atoms in total. The number of aliphatic hydroxyl groups excluding tert-OH is 1. The zero-order valence-electron chi connectivity index (χ0n) is 17.4. The third-order valence-corrected chi connectivity index (χ3v) is 3.67. The summed E-state index contributed by atoms with van der Waals surface area (Å²) in [4.78, 5) is 40.4. The third kappa shape index (κ3) is 21.5. The number of halogens is 2. The minimum absolute atomic E-state index is 0. The molecule has 0 radical (unpaired) electrons. The molecule has 0 aromatic rings. The first-order valence-corrected chi connectivity index (χ1v) is 10.3. The summed E-state index contributed by atoms with van der Waals surface area (Å²) >= 11 is 13.5. The summed E-state index contributed by atoms with van der Waals surface area (Å²) in [5.41, 5.74) is 0. The Labute approximate surface area is 230 Å². The number of carbonyl (C=O) groups excluding carboxylic acids is 4. The van der Waals surface area contributed by atoms with Gasteiger partial charge in [-0.15, -0.1) is 23.2 Å². The quantitative estimate of drug-likeness (QED) is 0.169. The Kier molecular flexibility index (Phi) is 25.5. The molecule has 3 atom stereocenters. The van der Waals surface area contributed by atoms with Crippen molar-refractivity contribution in [3.63, 3.8) is 0 Å². The van der Waals surface area contributed by atoms with Crippen molar-refractivity contribution in [3.8, 4) is 0 Å². The van der Waals surface area contributed by atoms with E-state index in [0.29, 0.717) is 13.0 Å². The molecule has 4 N–H and O–H groups in total. The summed E-state index contributed by atoms with van der Waals surface area (Å²) in [5, 5.41) is 16.5. The van der Waals surface area contributed by atoms with Crippen LogP contribution in [0.25, 0.3) is 0 Å². The van der Waals surface area contributed by atoms with Crippen molar-refractivity contribution in [1.82, 2.24) is 16.0 Å². The Morgan fingerprint density at radius 1 is 0.931 bits per heavy atom. The van der Waals surface area contributed by atoms with Gasteiger partial charge in [-0.2, -0.15) is 0 Å². The van der Waals surface area contributed by atoms with Gasteiger partial charge in [0, 0.05) is 36.6 Å². The summed E-state index contributed by atoms with van der Waals surface area (Å²) in [6, 6.07) is 0. The molecule has 3 saturated heterocycles. The van der Waals surface area contributed by atoms with Gasteiger partial charge in [0.1, 0.15) is 6.10 Å². The van der Waals surface area contributed by atoms with Gasteiger partial charge in [-0.3, -0.25) is 14.4 Å². The smallest absolute Gasteiger partial charge is 0.742 e. The maximum absolute atomic E-state index is 10.5. The number of nitrogens with one attached hydrogen (secondary N) is 3. The van der Waals surface area contributed by atoms with E-state index in [2.05, 4.69) is 28.6 Å². The van der Waals surface area contributed by atoms with Crippen LogP contribution in [0.15, 0.2) is 0 Å². The van der Waals surface area contributed by atoms with Crippen LogP contribution in [-0.4, -0.2) is 59.0 Å². The summed E-state index contributed by atoms with van der Waals surface area (Å²) in [5.74, 6) is 0.708. The van der Waals surface area contributed by atoms with Gasteiger partial charge in [-0.25, -0.2) is 0 Å².